The third kappa shape index (κ3) is 5.33. The quantitative estimate of drug-likeness (QED) is 0.645. The van der Waals surface area contributed by atoms with Crippen molar-refractivity contribution in [2.45, 2.75) is 32.0 Å². The average molecular weight is 343 g/mol. The summed E-state index contributed by atoms with van der Waals surface area (Å²) in [5.41, 5.74) is 0. The van der Waals surface area contributed by atoms with Crippen LogP contribution >= 0.6 is 0 Å². The molecule has 0 aromatic heterocycles. The lowest BCUT2D eigenvalue weighted by molar-refractivity contribution is -0.135. The first-order chi connectivity index (χ1) is 10.4. The van der Waals surface area contributed by atoms with E-state index < -0.39 is 17.1 Å². The second-order valence-electron chi connectivity index (χ2n) is 5.50. The van der Waals surface area contributed by atoms with Crippen molar-refractivity contribution in [1.29, 1.82) is 0 Å². The Morgan fingerprint density at radius 3 is 2.05 bits per heavy atom. The van der Waals surface area contributed by atoms with Crippen LogP contribution in [0.1, 0.15) is 12.8 Å². The van der Waals surface area contributed by atoms with E-state index in [0.717, 1.165) is 5.19 Å². The molecule has 0 spiro atoms. The number of hydrogen-bond donors (Lipinski definition) is 0. The van der Waals surface area contributed by atoms with Crippen molar-refractivity contribution in [3.05, 3.63) is 30.3 Å². The molecular weight excluding hydrogens is 316 g/mol. The summed E-state index contributed by atoms with van der Waals surface area (Å²) in [5.74, 6) is -0.174. The molecule has 0 aliphatic rings. The molecule has 5 nitrogen and oxygen atoms in total. The van der Waals surface area contributed by atoms with Gasteiger partial charge in [-0.05, 0) is 24.7 Å². The van der Waals surface area contributed by atoms with Crippen LogP contribution in [0.2, 0.25) is 19.1 Å². The molecule has 0 bridgehead atoms. The van der Waals surface area contributed by atoms with Crippen LogP contribution in [0.3, 0.4) is 0 Å². The van der Waals surface area contributed by atoms with E-state index >= 15 is 0 Å². The normalized spacial score (nSPS) is 12.2. The monoisotopic (exact) mass is 342 g/mol. The highest BCUT2D eigenvalue weighted by atomic mass is 28.4. The fourth-order valence-electron chi connectivity index (χ4n) is 2.24. The van der Waals surface area contributed by atoms with Gasteiger partial charge in [-0.25, -0.2) is 0 Å². The molecular formula is C15H26O5Si2. The van der Waals surface area contributed by atoms with Gasteiger partial charge in [0.05, 0.1) is 0 Å². The van der Waals surface area contributed by atoms with E-state index in [1.165, 1.54) is 0 Å². The second-order valence-corrected chi connectivity index (χ2v) is 12.4. The van der Waals surface area contributed by atoms with E-state index in [0.29, 0.717) is 18.9 Å². The lowest BCUT2D eigenvalue weighted by Gasteiger charge is -2.25. The molecule has 0 saturated heterocycles. The van der Waals surface area contributed by atoms with Crippen LogP contribution in [0, 0.1) is 0 Å². The zero-order valence-corrected chi connectivity index (χ0v) is 16.0. The largest absolute Gasteiger partial charge is 0.515 e. The molecule has 1 aromatic carbocycles. The first kappa shape index (κ1) is 19.1. The Morgan fingerprint density at radius 2 is 1.55 bits per heavy atom. The number of carbonyl (C=O) groups excluding carboxylic acids is 1. The summed E-state index contributed by atoms with van der Waals surface area (Å²) in [6.07, 6.45) is 0.966. The standard InChI is InChI=1S/C15H26O5Si2/c1-17-22(18-2,19-3)13-9-12-15(16)20-21(4,5)14-10-7-6-8-11-14/h6-8,10-11H,9,12-13H2,1-5H3. The summed E-state index contributed by atoms with van der Waals surface area (Å²) in [4.78, 5) is 12.1. The van der Waals surface area contributed by atoms with Crippen LogP contribution in [0.15, 0.2) is 30.3 Å². The number of hydrogen-bond acceptors (Lipinski definition) is 5. The molecule has 0 saturated carbocycles. The smallest absolute Gasteiger partial charge is 0.500 e. The third-order valence-electron chi connectivity index (χ3n) is 3.63. The Hall–Kier alpha value is -0.996. The van der Waals surface area contributed by atoms with Gasteiger partial charge >= 0.3 is 8.80 Å². The lowest BCUT2D eigenvalue weighted by atomic mass is 10.3. The van der Waals surface area contributed by atoms with Gasteiger partial charge < -0.3 is 17.7 Å². The van der Waals surface area contributed by atoms with Gasteiger partial charge in [-0.3, -0.25) is 4.79 Å². The second kappa shape index (κ2) is 8.59. The Labute approximate surface area is 135 Å². The van der Waals surface area contributed by atoms with Gasteiger partial charge in [-0.15, -0.1) is 0 Å². The van der Waals surface area contributed by atoms with E-state index in [1.807, 2.05) is 43.4 Å². The predicted molar refractivity (Wildman–Crippen MR) is 90.5 cm³/mol. The van der Waals surface area contributed by atoms with E-state index in [9.17, 15) is 4.79 Å². The highest BCUT2D eigenvalue weighted by molar-refractivity contribution is 6.85. The molecule has 22 heavy (non-hydrogen) atoms. The van der Waals surface area contributed by atoms with E-state index in [4.69, 9.17) is 17.7 Å². The topological polar surface area (TPSA) is 54.0 Å². The van der Waals surface area contributed by atoms with Crippen molar-refractivity contribution in [3.63, 3.8) is 0 Å². The van der Waals surface area contributed by atoms with Gasteiger partial charge in [-0.2, -0.15) is 0 Å². The van der Waals surface area contributed by atoms with Crippen molar-refractivity contribution < 1.29 is 22.5 Å². The van der Waals surface area contributed by atoms with Crippen molar-refractivity contribution in [3.8, 4) is 0 Å². The predicted octanol–water partition coefficient (Wildman–Crippen LogP) is 2.30. The van der Waals surface area contributed by atoms with Crippen LogP contribution in [-0.2, 0) is 22.5 Å². The van der Waals surface area contributed by atoms with Gasteiger partial charge in [-0.1, -0.05) is 30.3 Å². The van der Waals surface area contributed by atoms with Crippen LogP contribution in [0.5, 0.6) is 0 Å². The molecule has 7 heteroatoms. The van der Waals surface area contributed by atoms with Crippen molar-refractivity contribution >= 4 is 28.3 Å². The molecule has 0 aliphatic heterocycles. The molecule has 124 valence electrons. The fourth-order valence-corrected chi connectivity index (χ4v) is 5.75. The van der Waals surface area contributed by atoms with Gasteiger partial charge in [0, 0.05) is 33.8 Å². The molecule has 0 N–H and O–H groups in total. The minimum atomic E-state index is -2.60. The van der Waals surface area contributed by atoms with Crippen LogP contribution < -0.4 is 5.19 Å². The fraction of sp³-hybridized carbons (Fsp3) is 0.533. The summed E-state index contributed by atoms with van der Waals surface area (Å²) in [7, 11) is -0.0813. The van der Waals surface area contributed by atoms with Crippen molar-refractivity contribution in [2.24, 2.45) is 0 Å². The van der Waals surface area contributed by atoms with E-state index in [1.54, 1.807) is 21.3 Å². The lowest BCUT2D eigenvalue weighted by Crippen LogP contribution is -2.46. The number of rotatable bonds is 9. The highest BCUT2D eigenvalue weighted by Gasteiger charge is 2.37. The molecule has 0 atom stereocenters. The maximum absolute atomic E-state index is 12.1. The molecule has 0 unspecified atom stereocenters. The van der Waals surface area contributed by atoms with E-state index in [2.05, 4.69) is 0 Å². The van der Waals surface area contributed by atoms with Gasteiger partial charge in [0.15, 0.2) is 0 Å². The molecule has 1 aromatic rings. The average Bonchev–Trinajstić information content (AvgIpc) is 2.52. The van der Waals surface area contributed by atoms with Crippen LogP contribution in [0.25, 0.3) is 0 Å². The Kier molecular flexibility index (Phi) is 7.44. The van der Waals surface area contributed by atoms with Crippen molar-refractivity contribution in [1.82, 2.24) is 0 Å². The molecule has 0 heterocycles. The van der Waals surface area contributed by atoms with Crippen LogP contribution in [-0.4, -0.2) is 44.4 Å². The minimum Gasteiger partial charge on any atom is -0.515 e. The van der Waals surface area contributed by atoms with Gasteiger partial charge in [0.25, 0.3) is 14.3 Å². The van der Waals surface area contributed by atoms with E-state index in [-0.39, 0.29) is 5.97 Å². The van der Waals surface area contributed by atoms with Crippen molar-refractivity contribution in [2.75, 3.05) is 21.3 Å². The zero-order valence-electron chi connectivity index (χ0n) is 14.0. The Balaban J connectivity index is 2.50. The zero-order chi connectivity index (χ0) is 16.6. The first-order valence-electron chi connectivity index (χ1n) is 7.32. The molecule has 0 fully saturated rings. The summed E-state index contributed by atoms with van der Waals surface area (Å²) in [6, 6.07) is 10.5. The molecule has 1 rings (SSSR count). The summed E-state index contributed by atoms with van der Waals surface area (Å²) in [5, 5.41) is 1.11. The first-order valence-corrected chi connectivity index (χ1v) is 12.2. The molecule has 0 radical (unpaired) electrons. The maximum atomic E-state index is 12.1. The summed E-state index contributed by atoms with van der Waals surface area (Å²) >= 11 is 0. The minimum absolute atomic E-state index is 0.174. The third-order valence-corrected chi connectivity index (χ3v) is 8.93. The molecule has 0 aliphatic carbocycles. The van der Waals surface area contributed by atoms with Gasteiger partial charge in [0.2, 0.25) is 0 Å². The maximum Gasteiger partial charge on any atom is 0.500 e. The Bertz CT molecular complexity index is 452. The summed E-state index contributed by atoms with van der Waals surface area (Å²) < 4.78 is 21.8. The summed E-state index contributed by atoms with van der Waals surface area (Å²) in [6.45, 7) is 4.05. The Morgan fingerprint density at radius 1 is 1.00 bits per heavy atom. The number of benzene rings is 1. The molecule has 0 amide bonds. The van der Waals surface area contributed by atoms with Crippen LogP contribution in [0.4, 0.5) is 0 Å². The number of carbonyl (C=O) groups is 1. The van der Waals surface area contributed by atoms with Gasteiger partial charge in [0.1, 0.15) is 0 Å². The highest BCUT2D eigenvalue weighted by Crippen LogP contribution is 2.17. The SMILES string of the molecule is CO[Si](CCCC(=O)O[Si](C)(C)c1ccccc1)(OC)OC.